The topological polar surface area (TPSA) is 51.4 Å². The van der Waals surface area contributed by atoms with Crippen LogP contribution in [0, 0.1) is 5.92 Å². The van der Waals surface area contributed by atoms with E-state index in [0.717, 1.165) is 32.6 Å². The minimum atomic E-state index is 0.174. The number of H-pyrrole nitrogens is 1. The van der Waals surface area contributed by atoms with Gasteiger partial charge in [0.05, 0.1) is 6.54 Å². The van der Waals surface area contributed by atoms with Gasteiger partial charge in [-0.2, -0.15) is 0 Å². The Morgan fingerprint density at radius 1 is 1.32 bits per heavy atom. The zero-order chi connectivity index (χ0) is 17.0. The first kappa shape index (κ1) is 15.4. The van der Waals surface area contributed by atoms with Gasteiger partial charge in [0.1, 0.15) is 0 Å². The van der Waals surface area contributed by atoms with Crippen LogP contribution >= 0.6 is 0 Å². The van der Waals surface area contributed by atoms with E-state index in [4.69, 9.17) is 0 Å². The Hall–Kier alpha value is -1.85. The van der Waals surface area contributed by atoms with Crippen molar-refractivity contribution < 1.29 is 4.79 Å². The molecule has 1 aromatic carbocycles. The number of likely N-dealkylation sites (tertiary alicyclic amines) is 1. The smallest absolute Gasteiger partial charge is 0.234 e. The summed E-state index contributed by atoms with van der Waals surface area (Å²) in [5.41, 5.74) is 4.28. The number of piperidine rings is 1. The Morgan fingerprint density at radius 2 is 2.24 bits per heavy atom. The zero-order valence-corrected chi connectivity index (χ0v) is 14.8. The lowest BCUT2D eigenvalue weighted by atomic mass is 9.72. The Morgan fingerprint density at radius 3 is 3.12 bits per heavy atom. The third-order valence-corrected chi connectivity index (χ3v) is 6.45. The van der Waals surface area contributed by atoms with Crippen LogP contribution < -0.4 is 5.32 Å². The number of rotatable bonds is 2. The molecule has 0 bridgehead atoms. The van der Waals surface area contributed by atoms with Crippen LogP contribution in [0.5, 0.6) is 0 Å². The second-order valence-corrected chi connectivity index (χ2v) is 8.09. The first-order valence-electron chi connectivity index (χ1n) is 9.47. The average Bonchev–Trinajstić information content (AvgIpc) is 3.01. The van der Waals surface area contributed by atoms with E-state index in [2.05, 4.69) is 51.5 Å². The lowest BCUT2D eigenvalue weighted by Gasteiger charge is -2.46. The molecule has 2 fully saturated rings. The Balaban J connectivity index is 1.41. The van der Waals surface area contributed by atoms with Gasteiger partial charge in [-0.1, -0.05) is 12.1 Å². The molecule has 132 valence electrons. The number of carbonyl (C=O) groups excluding carboxylic acids is 1. The fourth-order valence-corrected chi connectivity index (χ4v) is 5.40. The van der Waals surface area contributed by atoms with Gasteiger partial charge in [-0.25, -0.2) is 0 Å². The Labute approximate surface area is 148 Å². The standard InChI is InChI=1S/C20H26N4O/c1-23-10-13(11-24-6-5-21-19(25)12-24)7-16-15-3-2-4-17-20(15)14(9-22-17)8-18(16)23/h2-4,9,13,16,18,22H,5-8,10-12H2,1H3,(H,21,25)/t13?,16-,18-/m1/s1. The summed E-state index contributed by atoms with van der Waals surface area (Å²) in [6, 6.07) is 7.33. The normalized spacial score (nSPS) is 30.3. The number of nitrogens with zero attached hydrogens (tertiary/aromatic N) is 2. The van der Waals surface area contributed by atoms with Crippen LogP contribution in [0.2, 0.25) is 0 Å². The number of piperazine rings is 1. The molecule has 2 N–H and O–H groups in total. The molecule has 0 spiro atoms. The van der Waals surface area contributed by atoms with Gasteiger partial charge in [-0.3, -0.25) is 9.69 Å². The van der Waals surface area contributed by atoms with Crippen molar-refractivity contribution >= 4 is 16.8 Å². The van der Waals surface area contributed by atoms with Crippen LogP contribution in [-0.4, -0.2) is 66.5 Å². The second-order valence-electron chi connectivity index (χ2n) is 8.09. The van der Waals surface area contributed by atoms with Crippen molar-refractivity contribution in [2.24, 2.45) is 5.92 Å². The Kier molecular flexibility index (Phi) is 3.61. The molecular formula is C20H26N4O. The van der Waals surface area contributed by atoms with Gasteiger partial charge in [-0.15, -0.1) is 0 Å². The molecule has 5 nitrogen and oxygen atoms in total. The highest BCUT2D eigenvalue weighted by Gasteiger charge is 2.39. The Bertz CT molecular complexity index is 813. The molecule has 2 saturated heterocycles. The monoisotopic (exact) mass is 338 g/mol. The number of aromatic amines is 1. The fraction of sp³-hybridized carbons (Fsp3) is 0.550. The number of nitrogens with one attached hydrogen (secondary N) is 2. The minimum absolute atomic E-state index is 0.174. The van der Waals surface area contributed by atoms with Crippen molar-refractivity contribution in [3.63, 3.8) is 0 Å². The van der Waals surface area contributed by atoms with E-state index in [-0.39, 0.29) is 5.91 Å². The summed E-state index contributed by atoms with van der Waals surface area (Å²) in [6.45, 7) is 4.51. The van der Waals surface area contributed by atoms with Crippen LogP contribution in [0.25, 0.3) is 10.9 Å². The summed E-state index contributed by atoms with van der Waals surface area (Å²) in [6.07, 6.45) is 4.59. The van der Waals surface area contributed by atoms with Gasteiger partial charge in [0, 0.05) is 55.2 Å². The molecule has 1 amide bonds. The summed E-state index contributed by atoms with van der Waals surface area (Å²) in [5, 5.41) is 4.40. The van der Waals surface area contributed by atoms with E-state index < -0.39 is 0 Å². The van der Waals surface area contributed by atoms with Crippen LogP contribution in [0.3, 0.4) is 0 Å². The van der Waals surface area contributed by atoms with Gasteiger partial charge in [0.15, 0.2) is 0 Å². The van der Waals surface area contributed by atoms with Crippen LogP contribution in [-0.2, 0) is 11.2 Å². The lowest BCUT2D eigenvalue weighted by molar-refractivity contribution is -0.124. The average molecular weight is 338 g/mol. The third-order valence-electron chi connectivity index (χ3n) is 6.45. The van der Waals surface area contributed by atoms with E-state index >= 15 is 0 Å². The molecule has 1 aromatic heterocycles. The molecule has 3 atom stereocenters. The molecule has 2 aliphatic heterocycles. The molecule has 25 heavy (non-hydrogen) atoms. The molecule has 3 aliphatic rings. The summed E-state index contributed by atoms with van der Waals surface area (Å²) in [7, 11) is 2.28. The number of amides is 1. The predicted molar refractivity (Wildman–Crippen MR) is 98.7 cm³/mol. The number of benzene rings is 1. The third kappa shape index (κ3) is 2.57. The number of fused-ring (bicyclic) bond motifs is 2. The maximum Gasteiger partial charge on any atom is 0.234 e. The van der Waals surface area contributed by atoms with Crippen molar-refractivity contribution in [2.45, 2.75) is 24.8 Å². The molecule has 0 saturated carbocycles. The molecule has 5 heteroatoms. The van der Waals surface area contributed by atoms with Gasteiger partial charge in [0.2, 0.25) is 5.91 Å². The van der Waals surface area contributed by atoms with Crippen molar-refractivity contribution in [3.05, 3.63) is 35.5 Å². The van der Waals surface area contributed by atoms with E-state index in [1.165, 1.54) is 28.5 Å². The summed E-state index contributed by atoms with van der Waals surface area (Å²) in [5.74, 6) is 1.41. The number of carbonyl (C=O) groups is 1. The highest BCUT2D eigenvalue weighted by atomic mass is 16.2. The van der Waals surface area contributed by atoms with E-state index in [0.29, 0.717) is 24.4 Å². The SMILES string of the molecule is CN1CC(CN2CCNC(=O)C2)C[C@@H]2c3cccc4[nH]cc(c34)C[C@H]21. The quantitative estimate of drug-likeness (QED) is 0.874. The van der Waals surface area contributed by atoms with Crippen LogP contribution in [0.4, 0.5) is 0 Å². The number of aromatic nitrogens is 1. The lowest BCUT2D eigenvalue weighted by Crippen LogP contribution is -2.53. The predicted octanol–water partition coefficient (Wildman–Crippen LogP) is 1.56. The number of hydrogen-bond acceptors (Lipinski definition) is 3. The van der Waals surface area contributed by atoms with E-state index in [9.17, 15) is 4.79 Å². The molecule has 2 aromatic rings. The zero-order valence-electron chi connectivity index (χ0n) is 14.8. The van der Waals surface area contributed by atoms with Crippen molar-refractivity contribution in [1.82, 2.24) is 20.1 Å². The highest BCUT2D eigenvalue weighted by Crippen LogP contribution is 2.44. The largest absolute Gasteiger partial charge is 0.361 e. The molecule has 1 unspecified atom stereocenters. The first-order chi connectivity index (χ1) is 12.2. The van der Waals surface area contributed by atoms with Crippen molar-refractivity contribution in [2.75, 3.05) is 39.8 Å². The summed E-state index contributed by atoms with van der Waals surface area (Å²) < 4.78 is 0. The summed E-state index contributed by atoms with van der Waals surface area (Å²) >= 11 is 0. The highest BCUT2D eigenvalue weighted by molar-refractivity contribution is 5.88. The fourth-order valence-electron chi connectivity index (χ4n) is 5.40. The molecule has 0 radical (unpaired) electrons. The second kappa shape index (κ2) is 5.85. The van der Waals surface area contributed by atoms with Crippen LogP contribution in [0.1, 0.15) is 23.5 Å². The van der Waals surface area contributed by atoms with E-state index in [1.54, 1.807) is 0 Å². The molecule has 3 heterocycles. The maximum absolute atomic E-state index is 11.7. The molecular weight excluding hydrogens is 312 g/mol. The van der Waals surface area contributed by atoms with Gasteiger partial charge in [0.25, 0.3) is 0 Å². The van der Waals surface area contributed by atoms with Gasteiger partial charge in [-0.05, 0) is 43.0 Å². The van der Waals surface area contributed by atoms with Crippen molar-refractivity contribution in [1.29, 1.82) is 0 Å². The van der Waals surface area contributed by atoms with Gasteiger partial charge >= 0.3 is 0 Å². The number of likely N-dealkylation sites (N-methyl/N-ethyl adjacent to an activating group) is 1. The molecule has 5 rings (SSSR count). The maximum atomic E-state index is 11.7. The van der Waals surface area contributed by atoms with E-state index in [1.807, 2.05) is 0 Å². The first-order valence-corrected chi connectivity index (χ1v) is 9.47. The number of hydrogen-bond donors (Lipinski definition) is 2. The van der Waals surface area contributed by atoms with Crippen molar-refractivity contribution in [3.8, 4) is 0 Å². The van der Waals surface area contributed by atoms with Gasteiger partial charge < -0.3 is 15.2 Å². The molecule has 1 aliphatic carbocycles. The summed E-state index contributed by atoms with van der Waals surface area (Å²) in [4.78, 5) is 20.0. The van der Waals surface area contributed by atoms with Crippen LogP contribution in [0.15, 0.2) is 24.4 Å². The minimum Gasteiger partial charge on any atom is -0.361 e.